The van der Waals surface area contributed by atoms with Crippen LogP contribution >= 0.6 is 15.9 Å². The molecule has 0 N–H and O–H groups in total. The molecule has 1 aromatic heterocycles. The van der Waals surface area contributed by atoms with Crippen molar-refractivity contribution >= 4 is 37.7 Å². The fourth-order valence-corrected chi connectivity index (χ4v) is 3.30. The highest BCUT2D eigenvalue weighted by molar-refractivity contribution is 9.10. The Kier molecular flexibility index (Phi) is 2.99. The zero-order valence-corrected chi connectivity index (χ0v) is 13.2. The van der Waals surface area contributed by atoms with E-state index in [2.05, 4.69) is 56.9 Å². The third-order valence-corrected chi connectivity index (χ3v) is 4.36. The van der Waals surface area contributed by atoms with Gasteiger partial charge in [0, 0.05) is 20.9 Å². The molecule has 22 heavy (non-hydrogen) atoms. The van der Waals surface area contributed by atoms with Crippen molar-refractivity contribution in [1.29, 1.82) is 5.26 Å². The zero-order valence-electron chi connectivity index (χ0n) is 11.6. The Balaban J connectivity index is 2.17. The minimum absolute atomic E-state index is 0.667. The first-order chi connectivity index (χ1) is 10.8. The fourth-order valence-electron chi connectivity index (χ4n) is 2.94. The van der Waals surface area contributed by atoms with Crippen molar-refractivity contribution in [2.24, 2.45) is 0 Å². The van der Waals surface area contributed by atoms with Gasteiger partial charge in [-0.15, -0.1) is 0 Å². The molecule has 0 aliphatic rings. The summed E-state index contributed by atoms with van der Waals surface area (Å²) in [5.74, 6) is 0. The van der Waals surface area contributed by atoms with Gasteiger partial charge in [-0.2, -0.15) is 5.26 Å². The van der Waals surface area contributed by atoms with E-state index in [4.69, 9.17) is 5.26 Å². The largest absolute Gasteiger partial charge is 0.309 e. The van der Waals surface area contributed by atoms with E-state index in [0.29, 0.717) is 5.56 Å². The normalized spacial score (nSPS) is 10.9. The van der Waals surface area contributed by atoms with Gasteiger partial charge in [0.15, 0.2) is 0 Å². The predicted octanol–water partition coefficient (Wildman–Crippen LogP) is 5.42. The fraction of sp³-hybridized carbons (Fsp3) is 0. The molecule has 0 saturated heterocycles. The van der Waals surface area contributed by atoms with E-state index in [1.54, 1.807) is 0 Å². The number of rotatable bonds is 1. The van der Waals surface area contributed by atoms with E-state index in [-0.39, 0.29) is 0 Å². The quantitative estimate of drug-likeness (QED) is 0.452. The van der Waals surface area contributed by atoms with Gasteiger partial charge in [-0.05, 0) is 42.5 Å². The first-order valence-electron chi connectivity index (χ1n) is 6.97. The van der Waals surface area contributed by atoms with Crippen LogP contribution in [0.5, 0.6) is 0 Å². The molecule has 0 bridgehead atoms. The van der Waals surface area contributed by atoms with Crippen LogP contribution < -0.4 is 0 Å². The Labute approximate surface area is 136 Å². The van der Waals surface area contributed by atoms with Gasteiger partial charge in [-0.25, -0.2) is 0 Å². The number of nitrogens with zero attached hydrogens (tertiary/aromatic N) is 2. The molecule has 0 atom stereocenters. The van der Waals surface area contributed by atoms with Gasteiger partial charge >= 0.3 is 0 Å². The van der Waals surface area contributed by atoms with Crippen LogP contribution in [0.2, 0.25) is 0 Å². The summed E-state index contributed by atoms with van der Waals surface area (Å²) in [5.41, 5.74) is 3.96. The number of halogens is 1. The van der Waals surface area contributed by atoms with Gasteiger partial charge in [-0.3, -0.25) is 0 Å². The number of aromatic nitrogens is 1. The minimum Gasteiger partial charge on any atom is -0.309 e. The molecule has 0 fully saturated rings. The lowest BCUT2D eigenvalue weighted by atomic mass is 10.2. The molecule has 0 aliphatic carbocycles. The molecule has 4 aromatic rings. The topological polar surface area (TPSA) is 28.7 Å². The lowest BCUT2D eigenvalue weighted by Gasteiger charge is -2.08. The summed E-state index contributed by atoms with van der Waals surface area (Å²) in [6.45, 7) is 0. The molecule has 0 amide bonds. The summed E-state index contributed by atoms with van der Waals surface area (Å²) in [4.78, 5) is 0. The summed E-state index contributed by atoms with van der Waals surface area (Å²) in [6.07, 6.45) is 0. The average molecular weight is 347 g/mol. The Hall–Kier alpha value is -2.57. The maximum Gasteiger partial charge on any atom is 0.0992 e. The molecule has 104 valence electrons. The number of benzene rings is 3. The molecule has 1 heterocycles. The lowest BCUT2D eigenvalue weighted by molar-refractivity contribution is 1.18. The third-order valence-electron chi connectivity index (χ3n) is 3.87. The number of nitriles is 1. The van der Waals surface area contributed by atoms with E-state index in [1.807, 2.05) is 36.4 Å². The highest BCUT2D eigenvalue weighted by atomic mass is 79.9. The smallest absolute Gasteiger partial charge is 0.0992 e. The highest BCUT2D eigenvalue weighted by Gasteiger charge is 2.12. The maximum atomic E-state index is 9.16. The number of fused-ring (bicyclic) bond motifs is 3. The SMILES string of the molecule is N#Cc1cccc(-n2c3ccccc3c3cc(Br)ccc32)c1. The highest BCUT2D eigenvalue weighted by Crippen LogP contribution is 2.33. The first kappa shape index (κ1) is 13.1. The predicted molar refractivity (Wildman–Crippen MR) is 93.2 cm³/mol. The monoisotopic (exact) mass is 346 g/mol. The molecule has 2 nitrogen and oxygen atoms in total. The standard InChI is InChI=1S/C19H11BrN2/c20-14-8-9-19-17(11-14)16-6-1-2-7-18(16)22(19)15-5-3-4-13(10-15)12-21/h1-11H. The van der Waals surface area contributed by atoms with E-state index >= 15 is 0 Å². The Morgan fingerprint density at radius 3 is 2.50 bits per heavy atom. The molecule has 3 heteroatoms. The van der Waals surface area contributed by atoms with Gasteiger partial charge in [0.1, 0.15) is 0 Å². The Morgan fingerprint density at radius 1 is 0.818 bits per heavy atom. The van der Waals surface area contributed by atoms with Crippen molar-refractivity contribution < 1.29 is 0 Å². The molecule has 0 radical (unpaired) electrons. The van der Waals surface area contributed by atoms with Crippen molar-refractivity contribution in [2.75, 3.05) is 0 Å². The van der Waals surface area contributed by atoms with E-state index < -0.39 is 0 Å². The van der Waals surface area contributed by atoms with Crippen molar-refractivity contribution in [1.82, 2.24) is 4.57 Å². The molecule has 0 unspecified atom stereocenters. The number of hydrogen-bond donors (Lipinski definition) is 0. The molecule has 4 rings (SSSR count). The van der Waals surface area contributed by atoms with Crippen molar-refractivity contribution in [3.05, 3.63) is 76.8 Å². The third kappa shape index (κ3) is 1.93. The average Bonchev–Trinajstić information content (AvgIpc) is 2.89. The van der Waals surface area contributed by atoms with Crippen LogP contribution in [0.25, 0.3) is 27.5 Å². The van der Waals surface area contributed by atoms with Crippen LogP contribution in [0.1, 0.15) is 5.56 Å². The first-order valence-corrected chi connectivity index (χ1v) is 7.76. The van der Waals surface area contributed by atoms with Gasteiger partial charge in [0.05, 0.1) is 22.7 Å². The summed E-state index contributed by atoms with van der Waals surface area (Å²) in [7, 11) is 0. The second kappa shape index (κ2) is 5.01. The van der Waals surface area contributed by atoms with E-state index in [9.17, 15) is 0 Å². The van der Waals surface area contributed by atoms with Gasteiger partial charge in [-0.1, -0.05) is 40.2 Å². The second-order valence-electron chi connectivity index (χ2n) is 5.18. The number of para-hydroxylation sites is 1. The van der Waals surface area contributed by atoms with E-state index in [0.717, 1.165) is 21.2 Å². The Bertz CT molecular complexity index is 1050. The van der Waals surface area contributed by atoms with Gasteiger partial charge in [0.25, 0.3) is 0 Å². The van der Waals surface area contributed by atoms with E-state index in [1.165, 1.54) is 10.8 Å². The number of hydrogen-bond acceptors (Lipinski definition) is 1. The van der Waals surface area contributed by atoms with Crippen molar-refractivity contribution in [2.45, 2.75) is 0 Å². The molecule has 0 aliphatic heterocycles. The van der Waals surface area contributed by atoms with Crippen LogP contribution in [0, 0.1) is 11.3 Å². The summed E-state index contributed by atoms with van der Waals surface area (Å²) in [5, 5.41) is 11.6. The van der Waals surface area contributed by atoms with Crippen LogP contribution in [-0.4, -0.2) is 4.57 Å². The van der Waals surface area contributed by atoms with Crippen molar-refractivity contribution in [3.63, 3.8) is 0 Å². The van der Waals surface area contributed by atoms with Crippen LogP contribution in [0.3, 0.4) is 0 Å². The Morgan fingerprint density at radius 2 is 1.64 bits per heavy atom. The minimum atomic E-state index is 0.667. The zero-order chi connectivity index (χ0) is 15.1. The molecular formula is C19H11BrN2. The summed E-state index contributed by atoms with van der Waals surface area (Å²) >= 11 is 3.55. The molecular weight excluding hydrogens is 336 g/mol. The van der Waals surface area contributed by atoms with Crippen LogP contribution in [-0.2, 0) is 0 Å². The van der Waals surface area contributed by atoms with Crippen LogP contribution in [0.15, 0.2) is 71.2 Å². The summed E-state index contributed by atoms with van der Waals surface area (Å²) in [6, 6.07) is 24.6. The molecule has 0 saturated carbocycles. The summed E-state index contributed by atoms with van der Waals surface area (Å²) < 4.78 is 3.27. The van der Waals surface area contributed by atoms with Crippen LogP contribution in [0.4, 0.5) is 0 Å². The molecule has 3 aromatic carbocycles. The lowest BCUT2D eigenvalue weighted by Crippen LogP contribution is -1.94. The van der Waals surface area contributed by atoms with Crippen molar-refractivity contribution in [3.8, 4) is 11.8 Å². The van der Waals surface area contributed by atoms with Gasteiger partial charge in [0.2, 0.25) is 0 Å². The van der Waals surface area contributed by atoms with Gasteiger partial charge < -0.3 is 4.57 Å². The maximum absolute atomic E-state index is 9.16. The second-order valence-corrected chi connectivity index (χ2v) is 6.09. The molecule has 0 spiro atoms.